The maximum Gasteiger partial charge on any atom is 0.129 e. The van der Waals surface area contributed by atoms with Gasteiger partial charge in [0.1, 0.15) is 5.82 Å². The fourth-order valence-corrected chi connectivity index (χ4v) is 3.24. The number of nitrogens with two attached hydrogens (primary N) is 1. The molecule has 1 aliphatic carbocycles. The fourth-order valence-electron chi connectivity index (χ4n) is 2.98. The molecule has 4 nitrogen and oxygen atoms in total. The molecule has 21 heavy (non-hydrogen) atoms. The van der Waals surface area contributed by atoms with Crippen LogP contribution in [0.2, 0.25) is 0 Å². The van der Waals surface area contributed by atoms with Crippen molar-refractivity contribution in [3.05, 3.63) is 34.4 Å². The summed E-state index contributed by atoms with van der Waals surface area (Å²) in [5.41, 5.74) is 9.35. The van der Waals surface area contributed by atoms with Gasteiger partial charge < -0.3 is 10.5 Å². The Morgan fingerprint density at radius 1 is 1.33 bits per heavy atom. The summed E-state index contributed by atoms with van der Waals surface area (Å²) >= 11 is 3.47. The zero-order valence-electron chi connectivity index (χ0n) is 12.4. The fraction of sp³-hybridized carbons (Fsp3) is 0.438. The second-order valence-electron chi connectivity index (χ2n) is 5.75. The summed E-state index contributed by atoms with van der Waals surface area (Å²) < 4.78 is 8.56. The molecule has 1 heterocycles. The molecule has 2 aromatic rings. The molecule has 1 fully saturated rings. The van der Waals surface area contributed by atoms with Crippen molar-refractivity contribution < 1.29 is 4.74 Å². The van der Waals surface area contributed by atoms with Crippen LogP contribution in [-0.2, 0) is 18.2 Å². The van der Waals surface area contributed by atoms with Crippen LogP contribution < -0.4 is 5.73 Å². The number of methoxy groups -OCH3 is 1. The lowest BCUT2D eigenvalue weighted by atomic mass is 9.76. The first-order valence-corrected chi connectivity index (χ1v) is 7.96. The third-order valence-corrected chi connectivity index (χ3v) is 5.01. The zero-order chi connectivity index (χ0) is 15.0. The molecular weight excluding hydrogens is 330 g/mol. The number of halogens is 1. The summed E-state index contributed by atoms with van der Waals surface area (Å²) in [6.07, 6.45) is 4.24. The first-order valence-electron chi connectivity index (χ1n) is 7.17. The van der Waals surface area contributed by atoms with Gasteiger partial charge in [-0.25, -0.2) is 0 Å². The summed E-state index contributed by atoms with van der Waals surface area (Å²) in [4.78, 5) is 0. The van der Waals surface area contributed by atoms with Gasteiger partial charge in [0.25, 0.3) is 0 Å². The van der Waals surface area contributed by atoms with Crippen molar-refractivity contribution in [2.45, 2.75) is 31.3 Å². The molecule has 1 aromatic heterocycles. The number of aryl methyl sites for hydroxylation is 1. The minimum absolute atomic E-state index is 0.0507. The molecular formula is C16H20BrN3O. The highest BCUT2D eigenvalue weighted by Gasteiger charge is 2.38. The van der Waals surface area contributed by atoms with Crippen molar-refractivity contribution in [1.82, 2.24) is 9.78 Å². The summed E-state index contributed by atoms with van der Waals surface area (Å²) in [6, 6.07) is 8.20. The number of anilines is 1. The van der Waals surface area contributed by atoms with Crippen LogP contribution in [0.5, 0.6) is 0 Å². The average Bonchev–Trinajstić information content (AvgIpc) is 2.71. The van der Waals surface area contributed by atoms with Crippen molar-refractivity contribution in [3.63, 3.8) is 0 Å². The van der Waals surface area contributed by atoms with Crippen molar-refractivity contribution in [2.24, 2.45) is 7.05 Å². The molecule has 1 aliphatic rings. The molecule has 0 radical (unpaired) electrons. The van der Waals surface area contributed by atoms with Crippen LogP contribution in [0.15, 0.2) is 28.7 Å². The van der Waals surface area contributed by atoms with E-state index in [1.165, 1.54) is 6.42 Å². The molecule has 0 bridgehead atoms. The van der Waals surface area contributed by atoms with E-state index in [-0.39, 0.29) is 5.60 Å². The molecule has 0 amide bonds. The Hall–Kier alpha value is -1.33. The van der Waals surface area contributed by atoms with Crippen molar-refractivity contribution in [1.29, 1.82) is 0 Å². The number of nitrogens with zero attached hydrogens (tertiary/aromatic N) is 2. The van der Waals surface area contributed by atoms with Gasteiger partial charge in [-0.15, -0.1) is 0 Å². The quantitative estimate of drug-likeness (QED) is 0.918. The molecule has 5 heteroatoms. The normalized spacial score (nSPS) is 16.7. The highest BCUT2D eigenvalue weighted by atomic mass is 79.9. The van der Waals surface area contributed by atoms with E-state index in [2.05, 4.69) is 33.2 Å². The molecule has 0 aliphatic heterocycles. The van der Waals surface area contributed by atoms with Gasteiger partial charge in [0.15, 0.2) is 0 Å². The summed E-state index contributed by atoms with van der Waals surface area (Å²) in [7, 11) is 3.69. The highest BCUT2D eigenvalue weighted by molar-refractivity contribution is 9.10. The predicted octanol–water partition coefficient (Wildman–Crippen LogP) is 3.54. The Morgan fingerprint density at radius 2 is 2.00 bits per heavy atom. The van der Waals surface area contributed by atoms with Crippen LogP contribution in [0.3, 0.4) is 0 Å². The average molecular weight is 350 g/mol. The molecule has 112 valence electrons. The number of hydrogen-bond donors (Lipinski definition) is 1. The molecule has 0 spiro atoms. The van der Waals surface area contributed by atoms with Gasteiger partial charge in [-0.3, -0.25) is 4.68 Å². The zero-order valence-corrected chi connectivity index (χ0v) is 14.0. The van der Waals surface area contributed by atoms with E-state index in [4.69, 9.17) is 10.5 Å². The van der Waals surface area contributed by atoms with Crippen LogP contribution in [-0.4, -0.2) is 22.5 Å². The van der Waals surface area contributed by atoms with E-state index in [1.807, 2.05) is 19.2 Å². The molecule has 2 N–H and O–H groups in total. The number of rotatable bonds is 4. The van der Waals surface area contributed by atoms with E-state index < -0.39 is 0 Å². The smallest absolute Gasteiger partial charge is 0.129 e. The highest BCUT2D eigenvalue weighted by Crippen LogP contribution is 2.40. The molecule has 0 atom stereocenters. The van der Waals surface area contributed by atoms with Crippen molar-refractivity contribution in [2.75, 3.05) is 12.8 Å². The largest absolute Gasteiger partial charge is 0.383 e. The van der Waals surface area contributed by atoms with Crippen LogP contribution in [0.1, 0.15) is 25.0 Å². The Kier molecular flexibility index (Phi) is 3.80. The maximum absolute atomic E-state index is 6.24. The van der Waals surface area contributed by atoms with Crippen LogP contribution in [0, 0.1) is 0 Å². The summed E-state index contributed by atoms with van der Waals surface area (Å²) in [5.74, 6) is 0.706. The number of benzene rings is 1. The van der Waals surface area contributed by atoms with Crippen LogP contribution >= 0.6 is 15.9 Å². The van der Waals surface area contributed by atoms with Gasteiger partial charge in [0, 0.05) is 30.6 Å². The Morgan fingerprint density at radius 3 is 2.52 bits per heavy atom. The lowest BCUT2D eigenvalue weighted by molar-refractivity contribution is -0.0714. The molecule has 0 saturated heterocycles. The minimum atomic E-state index is -0.0507. The monoisotopic (exact) mass is 349 g/mol. The lowest BCUT2D eigenvalue weighted by Gasteiger charge is -2.40. The standard InChI is InChI=1S/C16H20BrN3O/c1-20-15(18)14(11-4-6-12(17)7-5-11)13(19-20)10-16(21-2)8-3-9-16/h4-7H,3,8-10,18H2,1-2H3. The van der Waals surface area contributed by atoms with Crippen molar-refractivity contribution in [3.8, 4) is 11.1 Å². The van der Waals surface area contributed by atoms with Gasteiger partial charge in [0.05, 0.1) is 11.3 Å². The Balaban J connectivity index is 2.01. The second kappa shape index (κ2) is 5.46. The van der Waals surface area contributed by atoms with Crippen LogP contribution in [0.25, 0.3) is 11.1 Å². The SMILES string of the molecule is COC1(Cc2nn(C)c(N)c2-c2ccc(Br)cc2)CCC1. The van der Waals surface area contributed by atoms with E-state index in [1.54, 1.807) is 11.8 Å². The van der Waals surface area contributed by atoms with E-state index >= 15 is 0 Å². The number of aromatic nitrogens is 2. The van der Waals surface area contributed by atoms with Gasteiger partial charge in [0.2, 0.25) is 0 Å². The van der Waals surface area contributed by atoms with Crippen molar-refractivity contribution >= 4 is 21.7 Å². The molecule has 1 saturated carbocycles. The van der Waals surface area contributed by atoms with Gasteiger partial charge in [-0.1, -0.05) is 28.1 Å². The second-order valence-corrected chi connectivity index (χ2v) is 6.67. The van der Waals surface area contributed by atoms with Gasteiger partial charge >= 0.3 is 0 Å². The predicted molar refractivity (Wildman–Crippen MR) is 88.1 cm³/mol. The topological polar surface area (TPSA) is 53.1 Å². The lowest BCUT2D eigenvalue weighted by Crippen LogP contribution is -2.41. The Labute approximate surface area is 133 Å². The number of hydrogen-bond acceptors (Lipinski definition) is 3. The third kappa shape index (κ3) is 2.60. The number of nitrogen functional groups attached to an aromatic ring is 1. The summed E-state index contributed by atoms with van der Waals surface area (Å²) in [5, 5.41) is 4.62. The summed E-state index contributed by atoms with van der Waals surface area (Å²) in [6.45, 7) is 0. The molecule has 3 rings (SSSR count). The first-order chi connectivity index (χ1) is 10.0. The van der Waals surface area contributed by atoms with Gasteiger partial charge in [-0.2, -0.15) is 5.10 Å². The maximum atomic E-state index is 6.24. The van der Waals surface area contributed by atoms with E-state index in [0.29, 0.717) is 5.82 Å². The van der Waals surface area contributed by atoms with Crippen LogP contribution in [0.4, 0.5) is 5.82 Å². The number of ether oxygens (including phenoxy) is 1. The minimum Gasteiger partial charge on any atom is -0.383 e. The first kappa shape index (κ1) is 14.6. The van der Waals surface area contributed by atoms with E-state index in [9.17, 15) is 0 Å². The molecule has 1 aromatic carbocycles. The molecule has 0 unspecified atom stereocenters. The van der Waals surface area contributed by atoms with E-state index in [0.717, 1.165) is 40.6 Å². The third-order valence-electron chi connectivity index (χ3n) is 4.48. The van der Waals surface area contributed by atoms with Gasteiger partial charge in [-0.05, 0) is 37.0 Å². The Bertz CT molecular complexity index is 639.